The molecule has 1 aromatic carbocycles. The molecule has 2 rings (SSSR count). The van der Waals surface area contributed by atoms with E-state index in [0.717, 1.165) is 28.8 Å². The summed E-state index contributed by atoms with van der Waals surface area (Å²) in [6.07, 6.45) is 4.79. The summed E-state index contributed by atoms with van der Waals surface area (Å²) < 4.78 is 3.01. The second kappa shape index (κ2) is 5.87. The van der Waals surface area contributed by atoms with Crippen molar-refractivity contribution < 1.29 is 0 Å². The molecule has 0 aliphatic carbocycles. The first kappa shape index (κ1) is 13.6. The van der Waals surface area contributed by atoms with Crippen LogP contribution in [0.25, 0.3) is 0 Å². The van der Waals surface area contributed by atoms with Crippen LogP contribution in [0.15, 0.2) is 35.1 Å². The van der Waals surface area contributed by atoms with Crippen LogP contribution in [-0.2, 0) is 6.54 Å². The number of aryl methyl sites for hydroxylation is 1. The summed E-state index contributed by atoms with van der Waals surface area (Å²) >= 11 is 9.47. The van der Waals surface area contributed by atoms with Crippen molar-refractivity contribution in [2.75, 3.05) is 0 Å². The maximum atomic E-state index is 6.27. The van der Waals surface area contributed by atoms with E-state index in [-0.39, 0.29) is 6.04 Å². The van der Waals surface area contributed by atoms with Gasteiger partial charge in [-0.3, -0.25) is 0 Å². The summed E-state index contributed by atoms with van der Waals surface area (Å²) in [4.78, 5) is 4.35. The van der Waals surface area contributed by atoms with Gasteiger partial charge in [-0.15, -0.1) is 0 Å². The highest BCUT2D eigenvalue weighted by Gasteiger charge is 2.15. The Labute approximate surface area is 120 Å². The van der Waals surface area contributed by atoms with Crippen LogP contribution < -0.4 is 5.73 Å². The van der Waals surface area contributed by atoms with Crippen LogP contribution in [0.1, 0.15) is 30.8 Å². The van der Waals surface area contributed by atoms with Gasteiger partial charge < -0.3 is 10.3 Å². The van der Waals surface area contributed by atoms with Crippen LogP contribution in [0.3, 0.4) is 0 Å². The van der Waals surface area contributed by atoms with Crippen molar-refractivity contribution in [2.24, 2.45) is 5.73 Å². The Hall–Kier alpha value is -0.840. The van der Waals surface area contributed by atoms with Gasteiger partial charge in [-0.2, -0.15) is 0 Å². The Morgan fingerprint density at radius 3 is 2.89 bits per heavy atom. The minimum Gasteiger partial charge on any atom is -0.333 e. The molecule has 3 nitrogen and oxygen atoms in total. The average molecular weight is 329 g/mol. The van der Waals surface area contributed by atoms with Gasteiger partial charge in [0.05, 0.1) is 6.04 Å². The highest BCUT2D eigenvalue weighted by atomic mass is 79.9. The van der Waals surface area contributed by atoms with Crippen LogP contribution in [0.2, 0.25) is 5.02 Å². The van der Waals surface area contributed by atoms with Crippen molar-refractivity contribution in [3.63, 3.8) is 0 Å². The fourth-order valence-corrected chi connectivity index (χ4v) is 2.82. The summed E-state index contributed by atoms with van der Waals surface area (Å²) in [5.74, 6) is 0.867. The van der Waals surface area contributed by atoms with E-state index < -0.39 is 0 Å². The van der Waals surface area contributed by atoms with Gasteiger partial charge in [0.2, 0.25) is 0 Å². The molecule has 5 heteroatoms. The van der Waals surface area contributed by atoms with Crippen LogP contribution in [0.4, 0.5) is 0 Å². The highest BCUT2D eigenvalue weighted by Crippen LogP contribution is 2.26. The number of rotatable bonds is 4. The van der Waals surface area contributed by atoms with Gasteiger partial charge in [-0.25, -0.2) is 4.98 Å². The smallest absolute Gasteiger partial charge is 0.130 e. The maximum absolute atomic E-state index is 6.27. The molecule has 0 saturated heterocycles. The van der Waals surface area contributed by atoms with E-state index >= 15 is 0 Å². The van der Waals surface area contributed by atoms with E-state index in [1.807, 2.05) is 24.4 Å². The SMILES string of the molecule is CCCn1ccnc1C(N)c1cc(Cl)cc(Br)c1. The molecule has 18 heavy (non-hydrogen) atoms. The van der Waals surface area contributed by atoms with Gasteiger partial charge >= 0.3 is 0 Å². The molecule has 1 unspecified atom stereocenters. The fourth-order valence-electron chi connectivity index (χ4n) is 1.93. The normalized spacial score (nSPS) is 12.7. The van der Waals surface area contributed by atoms with Crippen LogP contribution in [0, 0.1) is 0 Å². The number of aromatic nitrogens is 2. The zero-order valence-electron chi connectivity index (χ0n) is 10.1. The van der Waals surface area contributed by atoms with Gasteiger partial charge in [0.15, 0.2) is 0 Å². The Balaban J connectivity index is 2.34. The lowest BCUT2D eigenvalue weighted by atomic mass is 10.1. The number of nitrogens with two attached hydrogens (primary N) is 1. The van der Waals surface area contributed by atoms with Crippen molar-refractivity contribution in [2.45, 2.75) is 25.9 Å². The summed E-state index contributed by atoms with van der Waals surface area (Å²) in [5.41, 5.74) is 7.22. The van der Waals surface area contributed by atoms with E-state index in [1.54, 1.807) is 6.20 Å². The van der Waals surface area contributed by atoms with Crippen molar-refractivity contribution >= 4 is 27.5 Å². The Kier molecular flexibility index (Phi) is 4.43. The minimum absolute atomic E-state index is 0.262. The molecule has 1 atom stereocenters. The van der Waals surface area contributed by atoms with Crippen molar-refractivity contribution in [1.29, 1.82) is 0 Å². The molecule has 0 saturated carbocycles. The predicted octanol–water partition coefficient (Wildman–Crippen LogP) is 3.76. The molecule has 0 radical (unpaired) electrons. The number of nitrogens with zero attached hydrogens (tertiary/aromatic N) is 2. The molecule has 0 fully saturated rings. The Morgan fingerprint density at radius 2 is 2.22 bits per heavy atom. The molecule has 0 aliphatic rings. The van der Waals surface area contributed by atoms with E-state index in [2.05, 4.69) is 32.4 Å². The van der Waals surface area contributed by atoms with Crippen molar-refractivity contribution in [3.8, 4) is 0 Å². The molecular formula is C13H15BrClN3. The van der Waals surface area contributed by atoms with E-state index in [9.17, 15) is 0 Å². The van der Waals surface area contributed by atoms with Gasteiger partial charge in [0, 0.05) is 28.4 Å². The zero-order valence-corrected chi connectivity index (χ0v) is 12.4. The van der Waals surface area contributed by atoms with Crippen LogP contribution in [-0.4, -0.2) is 9.55 Å². The zero-order chi connectivity index (χ0) is 13.1. The summed E-state index contributed by atoms with van der Waals surface area (Å²) in [7, 11) is 0. The Morgan fingerprint density at radius 1 is 1.44 bits per heavy atom. The van der Waals surface area contributed by atoms with Crippen LogP contribution >= 0.6 is 27.5 Å². The third kappa shape index (κ3) is 2.94. The Bertz CT molecular complexity index is 519. The molecule has 0 aliphatic heterocycles. The monoisotopic (exact) mass is 327 g/mol. The lowest BCUT2D eigenvalue weighted by Gasteiger charge is -2.14. The quantitative estimate of drug-likeness (QED) is 0.928. The molecular weight excluding hydrogens is 314 g/mol. The molecule has 0 bridgehead atoms. The molecule has 2 aromatic rings. The molecule has 96 valence electrons. The molecule has 2 N–H and O–H groups in total. The van der Waals surface area contributed by atoms with Gasteiger partial charge in [0.25, 0.3) is 0 Å². The van der Waals surface area contributed by atoms with E-state index in [1.165, 1.54) is 0 Å². The first-order valence-corrected chi connectivity index (χ1v) is 7.01. The highest BCUT2D eigenvalue weighted by molar-refractivity contribution is 9.10. The van der Waals surface area contributed by atoms with Gasteiger partial charge in [-0.05, 0) is 30.2 Å². The second-order valence-corrected chi connectivity index (χ2v) is 5.51. The lowest BCUT2D eigenvalue weighted by Crippen LogP contribution is -2.18. The second-order valence-electron chi connectivity index (χ2n) is 4.16. The molecule has 0 spiro atoms. The summed E-state index contributed by atoms with van der Waals surface area (Å²) in [6.45, 7) is 3.05. The van der Waals surface area contributed by atoms with E-state index in [4.69, 9.17) is 17.3 Å². The number of benzene rings is 1. The standard InChI is InChI=1S/C13H15BrClN3/c1-2-4-18-5-3-17-13(18)12(16)9-6-10(14)8-11(15)7-9/h3,5-8,12H,2,4,16H2,1H3. The molecule has 1 heterocycles. The number of imidazole rings is 1. The van der Waals surface area contributed by atoms with Gasteiger partial charge in [-0.1, -0.05) is 34.5 Å². The minimum atomic E-state index is -0.262. The fraction of sp³-hybridized carbons (Fsp3) is 0.308. The summed E-state index contributed by atoms with van der Waals surface area (Å²) in [6, 6.07) is 5.43. The third-order valence-corrected chi connectivity index (χ3v) is 3.41. The number of hydrogen-bond donors (Lipinski definition) is 1. The first-order chi connectivity index (χ1) is 8.61. The topological polar surface area (TPSA) is 43.8 Å². The molecule has 1 aromatic heterocycles. The van der Waals surface area contributed by atoms with Gasteiger partial charge in [0.1, 0.15) is 5.82 Å². The predicted molar refractivity (Wildman–Crippen MR) is 77.7 cm³/mol. The average Bonchev–Trinajstić information content (AvgIpc) is 2.75. The lowest BCUT2D eigenvalue weighted by molar-refractivity contribution is 0.613. The maximum Gasteiger partial charge on any atom is 0.130 e. The van der Waals surface area contributed by atoms with Crippen molar-refractivity contribution in [3.05, 3.63) is 51.5 Å². The largest absolute Gasteiger partial charge is 0.333 e. The molecule has 0 amide bonds. The number of hydrogen-bond acceptors (Lipinski definition) is 2. The van der Waals surface area contributed by atoms with Crippen molar-refractivity contribution in [1.82, 2.24) is 9.55 Å². The third-order valence-electron chi connectivity index (χ3n) is 2.73. The summed E-state index contributed by atoms with van der Waals surface area (Å²) in [5, 5.41) is 0.670. The van der Waals surface area contributed by atoms with Crippen LogP contribution in [0.5, 0.6) is 0 Å². The first-order valence-electron chi connectivity index (χ1n) is 5.84. The number of halogens is 2. The van der Waals surface area contributed by atoms with E-state index in [0.29, 0.717) is 5.02 Å².